The van der Waals surface area contributed by atoms with E-state index < -0.39 is 17.9 Å². The van der Waals surface area contributed by atoms with E-state index >= 15 is 0 Å². The minimum absolute atomic E-state index is 0.0470. The minimum atomic E-state index is -0.639. The van der Waals surface area contributed by atoms with Gasteiger partial charge in [0.25, 0.3) is 0 Å². The molecule has 82 valence electrons. The van der Waals surface area contributed by atoms with Crippen LogP contribution in [0.2, 0.25) is 0 Å². The number of aliphatic imine (C=N–C) groups is 1. The van der Waals surface area contributed by atoms with Crippen LogP contribution >= 0.6 is 0 Å². The zero-order valence-corrected chi connectivity index (χ0v) is 9.00. The molecule has 0 radical (unpaired) electrons. The summed E-state index contributed by atoms with van der Waals surface area (Å²) in [6.07, 6.45) is -1.09. The van der Waals surface area contributed by atoms with Gasteiger partial charge in [0.15, 0.2) is 5.96 Å². The molecule has 0 aromatic heterocycles. The molecule has 0 aliphatic rings. The van der Waals surface area contributed by atoms with Crippen LogP contribution in [0.5, 0.6) is 0 Å². The second-order valence-corrected chi connectivity index (χ2v) is 3.88. The summed E-state index contributed by atoms with van der Waals surface area (Å²) in [5, 5.41) is 2.25. The smallest absolute Gasteiger partial charge is 0.414 e. The van der Waals surface area contributed by atoms with Gasteiger partial charge in [0.05, 0.1) is 6.17 Å². The minimum Gasteiger partial charge on any atom is -0.444 e. The molecule has 0 aliphatic heterocycles. The molecule has 0 aromatic carbocycles. The lowest BCUT2D eigenvalue weighted by Gasteiger charge is -2.19. The summed E-state index contributed by atoms with van der Waals surface area (Å²) in [7, 11) is 0. The topological polar surface area (TPSA) is 103 Å². The Hall–Kier alpha value is -1.30. The molecule has 0 aromatic rings. The number of guanidine groups is 1. The Kier molecular flexibility index (Phi) is 4.36. The highest BCUT2D eigenvalue weighted by atomic mass is 16.6. The fraction of sp³-hybridized carbons (Fsp3) is 0.750. The van der Waals surface area contributed by atoms with Crippen molar-refractivity contribution in [2.45, 2.75) is 39.5 Å². The maximum absolute atomic E-state index is 11.1. The van der Waals surface area contributed by atoms with Crippen LogP contribution in [0.4, 0.5) is 4.79 Å². The number of nitrogens with two attached hydrogens (primary N) is 2. The van der Waals surface area contributed by atoms with Crippen molar-refractivity contribution in [1.29, 1.82) is 0 Å². The molecule has 6 heteroatoms. The monoisotopic (exact) mass is 202 g/mol. The number of hydrogen-bond donors (Lipinski definition) is 3. The first kappa shape index (κ1) is 12.7. The maximum Gasteiger partial charge on any atom is 0.414 e. The van der Waals surface area contributed by atoms with Crippen LogP contribution in [-0.4, -0.2) is 23.8 Å². The van der Waals surface area contributed by atoms with Crippen molar-refractivity contribution in [3.8, 4) is 0 Å². The van der Waals surface area contributed by atoms with E-state index in [2.05, 4.69) is 10.3 Å². The van der Waals surface area contributed by atoms with Crippen molar-refractivity contribution in [2.24, 2.45) is 16.5 Å². The van der Waals surface area contributed by atoms with Crippen LogP contribution in [0.3, 0.4) is 0 Å². The quantitative estimate of drug-likeness (QED) is 0.415. The summed E-state index contributed by atoms with van der Waals surface area (Å²) < 4.78 is 4.94. The molecular formula is C8H18N4O2. The number of ether oxygens (including phenoxy) is 1. The molecule has 0 saturated heterocycles. The first-order chi connectivity index (χ1) is 6.20. The largest absolute Gasteiger partial charge is 0.444 e. The van der Waals surface area contributed by atoms with Gasteiger partial charge in [-0.3, -0.25) is 5.32 Å². The molecule has 1 amide bonds. The van der Waals surface area contributed by atoms with E-state index in [0.717, 1.165) is 0 Å². The molecule has 0 heterocycles. The standard InChI is InChI=1S/C8H18N4O2/c1-5(9)11-6(10)12-7(13)14-8(2,3)4/h5H,9H2,1-4H3,(H3,10,11,12,13). The highest BCUT2D eigenvalue weighted by Crippen LogP contribution is 2.05. The van der Waals surface area contributed by atoms with Crippen molar-refractivity contribution in [1.82, 2.24) is 5.32 Å². The number of carbonyl (C=O) groups is 1. The summed E-state index contributed by atoms with van der Waals surface area (Å²) in [6.45, 7) is 6.91. The van der Waals surface area contributed by atoms with Gasteiger partial charge in [-0.05, 0) is 27.7 Å². The van der Waals surface area contributed by atoms with Crippen molar-refractivity contribution in [3.63, 3.8) is 0 Å². The first-order valence-electron chi connectivity index (χ1n) is 4.29. The van der Waals surface area contributed by atoms with E-state index in [0.29, 0.717) is 0 Å². The van der Waals surface area contributed by atoms with E-state index in [1.54, 1.807) is 27.7 Å². The van der Waals surface area contributed by atoms with E-state index in [9.17, 15) is 4.79 Å². The van der Waals surface area contributed by atoms with Crippen LogP contribution in [0, 0.1) is 0 Å². The highest BCUT2D eigenvalue weighted by Gasteiger charge is 2.16. The summed E-state index contributed by atoms with van der Waals surface area (Å²) in [6, 6.07) is 0. The Labute approximate surface area is 83.7 Å². The van der Waals surface area contributed by atoms with Gasteiger partial charge >= 0.3 is 6.09 Å². The van der Waals surface area contributed by atoms with E-state index in [-0.39, 0.29) is 5.96 Å². The summed E-state index contributed by atoms with van der Waals surface area (Å²) in [5.74, 6) is -0.0470. The summed E-state index contributed by atoms with van der Waals surface area (Å²) in [5.41, 5.74) is 10.1. The van der Waals surface area contributed by atoms with Crippen LogP contribution < -0.4 is 16.8 Å². The van der Waals surface area contributed by atoms with E-state index in [1.165, 1.54) is 0 Å². The van der Waals surface area contributed by atoms with Gasteiger partial charge in [-0.2, -0.15) is 0 Å². The number of alkyl carbamates (subject to hydrolysis) is 1. The molecule has 0 saturated carbocycles. The molecular weight excluding hydrogens is 184 g/mol. The Morgan fingerprint density at radius 3 is 2.36 bits per heavy atom. The Morgan fingerprint density at radius 1 is 1.50 bits per heavy atom. The van der Waals surface area contributed by atoms with Crippen molar-refractivity contribution >= 4 is 12.1 Å². The van der Waals surface area contributed by atoms with Crippen molar-refractivity contribution < 1.29 is 9.53 Å². The Morgan fingerprint density at radius 2 is 2.00 bits per heavy atom. The van der Waals surface area contributed by atoms with Crippen molar-refractivity contribution in [3.05, 3.63) is 0 Å². The maximum atomic E-state index is 11.1. The molecule has 0 fully saturated rings. The SMILES string of the molecule is CC(N)N=C(N)NC(=O)OC(C)(C)C. The van der Waals surface area contributed by atoms with Gasteiger partial charge in [0, 0.05) is 0 Å². The molecule has 0 rings (SSSR count). The lowest BCUT2D eigenvalue weighted by Crippen LogP contribution is -2.41. The number of rotatable bonds is 1. The molecule has 0 aliphatic carbocycles. The van der Waals surface area contributed by atoms with E-state index in [1.807, 2.05) is 0 Å². The average molecular weight is 202 g/mol. The molecule has 5 N–H and O–H groups in total. The third kappa shape index (κ3) is 7.35. The lowest BCUT2D eigenvalue weighted by molar-refractivity contribution is 0.0562. The zero-order chi connectivity index (χ0) is 11.4. The fourth-order valence-electron chi connectivity index (χ4n) is 0.660. The molecule has 0 bridgehead atoms. The molecule has 1 unspecified atom stereocenters. The molecule has 0 spiro atoms. The van der Waals surface area contributed by atoms with Crippen LogP contribution in [0.1, 0.15) is 27.7 Å². The normalized spacial score (nSPS) is 14.8. The van der Waals surface area contributed by atoms with Crippen LogP contribution in [0.25, 0.3) is 0 Å². The average Bonchev–Trinajstić information content (AvgIpc) is 1.77. The second kappa shape index (κ2) is 4.80. The Balaban J connectivity index is 4.08. The zero-order valence-electron chi connectivity index (χ0n) is 9.00. The van der Waals surface area contributed by atoms with Gasteiger partial charge in [-0.15, -0.1) is 0 Å². The summed E-state index contributed by atoms with van der Waals surface area (Å²) >= 11 is 0. The van der Waals surface area contributed by atoms with Gasteiger partial charge < -0.3 is 16.2 Å². The molecule has 6 nitrogen and oxygen atoms in total. The van der Waals surface area contributed by atoms with Gasteiger partial charge in [0.1, 0.15) is 5.60 Å². The summed E-state index contributed by atoms with van der Waals surface area (Å²) in [4.78, 5) is 14.8. The Bertz CT molecular complexity index is 230. The van der Waals surface area contributed by atoms with E-state index in [4.69, 9.17) is 16.2 Å². The first-order valence-corrected chi connectivity index (χ1v) is 4.29. The highest BCUT2D eigenvalue weighted by molar-refractivity contribution is 5.93. The van der Waals surface area contributed by atoms with Crippen molar-refractivity contribution in [2.75, 3.05) is 0 Å². The van der Waals surface area contributed by atoms with Gasteiger partial charge in [0.2, 0.25) is 0 Å². The number of amides is 1. The fourth-order valence-corrected chi connectivity index (χ4v) is 0.660. The predicted octanol–water partition coefficient (Wildman–Crippen LogP) is 0.131. The van der Waals surface area contributed by atoms with Gasteiger partial charge in [-0.1, -0.05) is 0 Å². The number of nitrogens with one attached hydrogen (secondary N) is 1. The molecule has 14 heavy (non-hydrogen) atoms. The number of carbonyl (C=O) groups excluding carboxylic acids is 1. The van der Waals surface area contributed by atoms with Gasteiger partial charge in [-0.25, -0.2) is 9.79 Å². The lowest BCUT2D eigenvalue weighted by atomic mass is 10.2. The third-order valence-electron chi connectivity index (χ3n) is 0.972. The third-order valence-corrected chi connectivity index (χ3v) is 0.972. The predicted molar refractivity (Wildman–Crippen MR) is 54.6 cm³/mol. The van der Waals surface area contributed by atoms with Crippen LogP contribution in [-0.2, 0) is 4.74 Å². The number of nitrogens with zero attached hydrogens (tertiary/aromatic N) is 1. The molecule has 1 atom stereocenters. The second-order valence-electron chi connectivity index (χ2n) is 3.88. The van der Waals surface area contributed by atoms with Crippen LogP contribution in [0.15, 0.2) is 4.99 Å². The number of hydrogen-bond acceptors (Lipinski definition) is 4.